The molecular weight excluding hydrogens is 142 g/mol. The number of hydrogen-bond acceptors (Lipinski definition) is 3. The molecule has 11 heavy (non-hydrogen) atoms. The summed E-state index contributed by atoms with van der Waals surface area (Å²) in [5.74, 6) is -0.351. The second kappa shape index (κ2) is 2.19. The lowest BCUT2D eigenvalue weighted by molar-refractivity contribution is -0.154. The van der Waals surface area contributed by atoms with Gasteiger partial charge in [-0.15, -0.1) is 0 Å². The third kappa shape index (κ3) is 1.28. The molecule has 0 saturated carbocycles. The fourth-order valence-corrected chi connectivity index (χ4v) is 1.91. The Balaban J connectivity index is 2.04. The van der Waals surface area contributed by atoms with Crippen molar-refractivity contribution >= 4 is 0 Å². The lowest BCUT2D eigenvalue weighted by atomic mass is 10.3. The molecule has 2 aliphatic heterocycles. The number of nitrogens with zero attached hydrogens (tertiary/aromatic N) is 1. The van der Waals surface area contributed by atoms with Gasteiger partial charge in [-0.3, -0.25) is 0 Å². The van der Waals surface area contributed by atoms with E-state index in [2.05, 4.69) is 11.9 Å². The Morgan fingerprint density at radius 1 is 1.18 bits per heavy atom. The van der Waals surface area contributed by atoms with Crippen LogP contribution in [0.2, 0.25) is 0 Å². The Kier molecular flexibility index (Phi) is 1.50. The molecule has 1 unspecified atom stereocenters. The van der Waals surface area contributed by atoms with E-state index >= 15 is 0 Å². The summed E-state index contributed by atoms with van der Waals surface area (Å²) in [5.41, 5.74) is 0. The van der Waals surface area contributed by atoms with Gasteiger partial charge in [-0.1, -0.05) is 0 Å². The molecule has 2 rings (SSSR count). The molecule has 2 saturated heterocycles. The minimum Gasteiger partial charge on any atom is -0.343 e. The first-order valence-corrected chi connectivity index (χ1v) is 4.11. The Bertz CT molecular complexity index is 153. The lowest BCUT2D eigenvalue weighted by Crippen LogP contribution is -2.27. The monoisotopic (exact) mass is 157 g/mol. The molecule has 2 heterocycles. The van der Waals surface area contributed by atoms with Gasteiger partial charge < -0.3 is 14.4 Å². The van der Waals surface area contributed by atoms with Crippen LogP contribution in [0.5, 0.6) is 0 Å². The van der Waals surface area contributed by atoms with Crippen molar-refractivity contribution in [2.24, 2.45) is 0 Å². The highest BCUT2D eigenvalue weighted by molar-refractivity contribution is 4.90. The molecule has 0 aliphatic carbocycles. The van der Waals surface area contributed by atoms with Gasteiger partial charge in [0.25, 0.3) is 0 Å². The first kappa shape index (κ1) is 7.53. The van der Waals surface area contributed by atoms with E-state index in [-0.39, 0.29) is 5.79 Å². The predicted octanol–water partition coefficient (Wildman–Crippen LogP) is 0.452. The van der Waals surface area contributed by atoms with E-state index < -0.39 is 0 Å². The molecule has 2 fully saturated rings. The van der Waals surface area contributed by atoms with Crippen LogP contribution in [0.4, 0.5) is 0 Å². The first-order valence-electron chi connectivity index (χ1n) is 4.11. The summed E-state index contributed by atoms with van der Waals surface area (Å²) in [6.07, 6.45) is 0.602. The minimum absolute atomic E-state index is 0.301. The maximum atomic E-state index is 5.68. The molecular formula is C8H15NO2. The van der Waals surface area contributed by atoms with E-state index in [1.54, 1.807) is 0 Å². The zero-order valence-corrected chi connectivity index (χ0v) is 7.33. The van der Waals surface area contributed by atoms with Gasteiger partial charge in [0, 0.05) is 13.1 Å². The van der Waals surface area contributed by atoms with Crippen molar-refractivity contribution in [1.82, 2.24) is 4.90 Å². The quantitative estimate of drug-likeness (QED) is 0.509. The summed E-state index contributed by atoms with van der Waals surface area (Å²) in [5, 5.41) is 0. The van der Waals surface area contributed by atoms with Crippen LogP contribution in [0.15, 0.2) is 0 Å². The molecule has 0 radical (unpaired) electrons. The summed E-state index contributed by atoms with van der Waals surface area (Å²) in [7, 11) is 2.10. The van der Waals surface area contributed by atoms with E-state index in [1.165, 1.54) is 0 Å². The average Bonchev–Trinajstić information content (AvgIpc) is 2.17. The lowest BCUT2D eigenvalue weighted by Gasteiger charge is -2.20. The second-order valence-electron chi connectivity index (χ2n) is 3.93. The van der Waals surface area contributed by atoms with Gasteiger partial charge in [0.15, 0.2) is 5.79 Å². The van der Waals surface area contributed by atoms with Crippen molar-refractivity contribution in [1.29, 1.82) is 0 Å². The van der Waals surface area contributed by atoms with Gasteiger partial charge in [0.05, 0.1) is 0 Å². The molecule has 0 amide bonds. The number of ether oxygens (including phenoxy) is 2. The van der Waals surface area contributed by atoms with Crippen LogP contribution in [-0.4, -0.2) is 43.0 Å². The molecule has 0 bridgehead atoms. The highest BCUT2D eigenvalue weighted by Gasteiger charge is 2.45. The van der Waals surface area contributed by atoms with Crippen LogP contribution in [0.1, 0.15) is 13.8 Å². The topological polar surface area (TPSA) is 21.7 Å². The van der Waals surface area contributed by atoms with E-state index in [0.29, 0.717) is 12.2 Å². The van der Waals surface area contributed by atoms with Gasteiger partial charge in [0.2, 0.25) is 0 Å². The Morgan fingerprint density at radius 3 is 2.09 bits per heavy atom. The fourth-order valence-electron chi connectivity index (χ4n) is 1.91. The predicted molar refractivity (Wildman–Crippen MR) is 41.3 cm³/mol. The van der Waals surface area contributed by atoms with Crippen molar-refractivity contribution in [3.8, 4) is 0 Å². The standard InChI is InChI=1S/C8H15NO2/c1-8(2)10-6-4-9(3)5-7(6)11-8/h6-7H,4-5H2,1-3H3/t6-,7?/m0/s1. The largest absolute Gasteiger partial charge is 0.343 e. The molecule has 2 aliphatic rings. The molecule has 3 nitrogen and oxygen atoms in total. The summed E-state index contributed by atoms with van der Waals surface area (Å²) in [6.45, 7) is 5.97. The Morgan fingerprint density at radius 2 is 1.64 bits per heavy atom. The number of likely N-dealkylation sites (tertiary alicyclic amines) is 1. The molecule has 0 N–H and O–H groups in total. The molecule has 0 aromatic rings. The number of hydrogen-bond donors (Lipinski definition) is 0. The molecule has 0 aromatic heterocycles. The Hall–Kier alpha value is -0.120. The van der Waals surface area contributed by atoms with Gasteiger partial charge in [-0.05, 0) is 20.9 Å². The number of likely N-dealkylation sites (N-methyl/N-ethyl adjacent to an activating group) is 1. The van der Waals surface area contributed by atoms with E-state index in [4.69, 9.17) is 9.47 Å². The van der Waals surface area contributed by atoms with Crippen LogP contribution in [0.3, 0.4) is 0 Å². The molecule has 3 heteroatoms. The molecule has 2 atom stereocenters. The smallest absolute Gasteiger partial charge is 0.163 e. The van der Waals surface area contributed by atoms with Gasteiger partial charge in [-0.25, -0.2) is 0 Å². The van der Waals surface area contributed by atoms with Gasteiger partial charge in [-0.2, -0.15) is 0 Å². The van der Waals surface area contributed by atoms with Gasteiger partial charge >= 0.3 is 0 Å². The van der Waals surface area contributed by atoms with Crippen LogP contribution >= 0.6 is 0 Å². The Labute approximate surface area is 67.3 Å². The molecule has 0 aromatic carbocycles. The fraction of sp³-hybridized carbons (Fsp3) is 1.00. The summed E-state index contributed by atoms with van der Waals surface area (Å²) >= 11 is 0. The van der Waals surface area contributed by atoms with Crippen molar-refractivity contribution < 1.29 is 9.47 Å². The van der Waals surface area contributed by atoms with Gasteiger partial charge in [0.1, 0.15) is 12.2 Å². The third-order valence-corrected chi connectivity index (χ3v) is 2.27. The van der Waals surface area contributed by atoms with Crippen molar-refractivity contribution in [3.05, 3.63) is 0 Å². The van der Waals surface area contributed by atoms with Crippen molar-refractivity contribution in [3.63, 3.8) is 0 Å². The highest BCUT2D eigenvalue weighted by Crippen LogP contribution is 2.31. The third-order valence-electron chi connectivity index (χ3n) is 2.27. The van der Waals surface area contributed by atoms with Crippen molar-refractivity contribution in [2.75, 3.05) is 20.1 Å². The SMILES string of the molecule is CN1CC2OC(C)(C)O[C@H]2C1. The van der Waals surface area contributed by atoms with E-state index in [9.17, 15) is 0 Å². The average molecular weight is 157 g/mol. The normalized spacial score (nSPS) is 42.8. The van der Waals surface area contributed by atoms with Crippen LogP contribution in [0, 0.1) is 0 Å². The van der Waals surface area contributed by atoms with Crippen molar-refractivity contribution in [2.45, 2.75) is 31.8 Å². The van der Waals surface area contributed by atoms with E-state index in [1.807, 2.05) is 13.8 Å². The zero-order valence-electron chi connectivity index (χ0n) is 7.33. The minimum atomic E-state index is -0.351. The van der Waals surface area contributed by atoms with Crippen LogP contribution in [-0.2, 0) is 9.47 Å². The van der Waals surface area contributed by atoms with Crippen LogP contribution in [0.25, 0.3) is 0 Å². The second-order valence-corrected chi connectivity index (χ2v) is 3.93. The zero-order chi connectivity index (χ0) is 8.06. The maximum absolute atomic E-state index is 5.68. The maximum Gasteiger partial charge on any atom is 0.163 e. The summed E-state index contributed by atoms with van der Waals surface area (Å²) < 4.78 is 11.4. The van der Waals surface area contributed by atoms with E-state index in [0.717, 1.165) is 13.1 Å². The summed E-state index contributed by atoms with van der Waals surface area (Å²) in [6, 6.07) is 0. The molecule has 64 valence electrons. The number of fused-ring (bicyclic) bond motifs is 1. The summed E-state index contributed by atoms with van der Waals surface area (Å²) in [4.78, 5) is 2.24. The van der Waals surface area contributed by atoms with Crippen LogP contribution < -0.4 is 0 Å². The number of rotatable bonds is 0. The first-order chi connectivity index (χ1) is 5.07. The highest BCUT2D eigenvalue weighted by atomic mass is 16.8. The molecule has 0 spiro atoms.